The first-order valence-electron chi connectivity index (χ1n) is 7.40. The molecule has 1 N–H and O–H groups in total. The number of carbonyl (C=O) groups is 3. The van der Waals surface area contributed by atoms with E-state index in [2.05, 4.69) is 10.1 Å². The minimum absolute atomic E-state index is 0.185. The fourth-order valence-electron chi connectivity index (χ4n) is 2.33. The van der Waals surface area contributed by atoms with Crippen LogP contribution in [0.25, 0.3) is 0 Å². The molecule has 23 heavy (non-hydrogen) atoms. The summed E-state index contributed by atoms with van der Waals surface area (Å²) >= 11 is 0. The van der Waals surface area contributed by atoms with Crippen LogP contribution in [0.1, 0.15) is 29.6 Å². The fraction of sp³-hybridized carbons (Fsp3) is 0.353. The van der Waals surface area contributed by atoms with Crippen molar-refractivity contribution in [2.24, 2.45) is 5.92 Å². The topological polar surface area (TPSA) is 81.7 Å². The molecule has 0 fully saturated rings. The van der Waals surface area contributed by atoms with Gasteiger partial charge in [0.2, 0.25) is 0 Å². The number of para-hydroxylation sites is 1. The largest absolute Gasteiger partial charge is 0.465 e. The van der Waals surface area contributed by atoms with Crippen LogP contribution >= 0.6 is 0 Å². The van der Waals surface area contributed by atoms with E-state index in [1.54, 1.807) is 24.3 Å². The normalized spacial score (nSPS) is 16.5. The quantitative estimate of drug-likeness (QED) is 0.666. The van der Waals surface area contributed by atoms with Crippen molar-refractivity contribution in [3.05, 3.63) is 42.0 Å². The Labute approximate surface area is 134 Å². The highest BCUT2D eigenvalue weighted by atomic mass is 16.5. The van der Waals surface area contributed by atoms with Crippen LogP contribution in [-0.2, 0) is 19.1 Å². The molecule has 0 saturated carbocycles. The molecule has 0 heterocycles. The fourth-order valence-corrected chi connectivity index (χ4v) is 2.33. The summed E-state index contributed by atoms with van der Waals surface area (Å²) in [4.78, 5) is 35.4. The molecule has 2 rings (SSSR count). The molecule has 0 aromatic heterocycles. The Hall–Kier alpha value is -2.63. The number of carbonyl (C=O) groups excluding carboxylic acids is 3. The Morgan fingerprint density at radius 3 is 2.70 bits per heavy atom. The summed E-state index contributed by atoms with van der Waals surface area (Å²) in [5.74, 6) is -1.60. The Kier molecular flexibility index (Phi) is 5.91. The van der Waals surface area contributed by atoms with E-state index in [9.17, 15) is 14.4 Å². The van der Waals surface area contributed by atoms with Crippen LogP contribution in [0.4, 0.5) is 5.69 Å². The van der Waals surface area contributed by atoms with Gasteiger partial charge in [-0.25, -0.2) is 4.79 Å². The molecular formula is C17H19NO5. The first-order valence-corrected chi connectivity index (χ1v) is 7.40. The number of benzene rings is 1. The van der Waals surface area contributed by atoms with Crippen LogP contribution in [0.2, 0.25) is 0 Å². The van der Waals surface area contributed by atoms with Crippen LogP contribution in [0.5, 0.6) is 0 Å². The van der Waals surface area contributed by atoms with Gasteiger partial charge in [-0.2, -0.15) is 0 Å². The first kappa shape index (κ1) is 16.7. The van der Waals surface area contributed by atoms with Gasteiger partial charge in [-0.1, -0.05) is 24.3 Å². The molecule has 0 radical (unpaired) electrons. The van der Waals surface area contributed by atoms with E-state index in [1.165, 1.54) is 7.11 Å². The van der Waals surface area contributed by atoms with Crippen LogP contribution in [-0.4, -0.2) is 31.6 Å². The van der Waals surface area contributed by atoms with E-state index < -0.39 is 11.9 Å². The van der Waals surface area contributed by atoms with Gasteiger partial charge in [0.05, 0.1) is 24.3 Å². The number of hydrogen-bond donors (Lipinski definition) is 1. The molecule has 1 amide bonds. The number of nitrogens with one attached hydrogen (secondary N) is 1. The number of hydrogen-bond acceptors (Lipinski definition) is 5. The molecular weight excluding hydrogens is 298 g/mol. The Morgan fingerprint density at radius 2 is 2.00 bits per heavy atom. The van der Waals surface area contributed by atoms with Gasteiger partial charge in [-0.3, -0.25) is 9.59 Å². The van der Waals surface area contributed by atoms with Gasteiger partial charge in [0.1, 0.15) is 0 Å². The van der Waals surface area contributed by atoms with Crippen molar-refractivity contribution in [1.82, 2.24) is 0 Å². The van der Waals surface area contributed by atoms with Gasteiger partial charge >= 0.3 is 11.9 Å². The molecule has 1 aliphatic carbocycles. The Balaban J connectivity index is 1.89. The number of rotatable bonds is 5. The molecule has 1 aliphatic rings. The molecule has 1 aromatic carbocycles. The number of anilines is 1. The molecule has 0 unspecified atom stereocenters. The van der Waals surface area contributed by atoms with Crippen molar-refractivity contribution >= 4 is 23.5 Å². The van der Waals surface area contributed by atoms with Crippen LogP contribution < -0.4 is 5.32 Å². The lowest BCUT2D eigenvalue weighted by Gasteiger charge is -2.16. The maximum absolute atomic E-state index is 11.9. The second-order valence-electron chi connectivity index (χ2n) is 5.17. The Bertz CT molecular complexity index is 623. The lowest BCUT2D eigenvalue weighted by Crippen LogP contribution is -2.26. The van der Waals surface area contributed by atoms with Gasteiger partial charge in [-0.15, -0.1) is 0 Å². The lowest BCUT2D eigenvalue weighted by atomic mass is 9.95. The Morgan fingerprint density at radius 1 is 1.22 bits per heavy atom. The summed E-state index contributed by atoms with van der Waals surface area (Å²) in [5.41, 5.74) is 0.563. The number of amides is 1. The monoisotopic (exact) mass is 317 g/mol. The third-order valence-electron chi connectivity index (χ3n) is 3.55. The highest BCUT2D eigenvalue weighted by molar-refractivity contribution is 6.01. The lowest BCUT2D eigenvalue weighted by molar-refractivity contribution is -0.151. The minimum atomic E-state index is -0.549. The SMILES string of the molecule is COC(=O)c1ccccc1NC(=O)COC(=O)[C@@H]1CC=CCC1. The smallest absolute Gasteiger partial charge is 0.339 e. The minimum Gasteiger partial charge on any atom is -0.465 e. The second-order valence-corrected chi connectivity index (χ2v) is 5.17. The zero-order chi connectivity index (χ0) is 16.7. The van der Waals surface area contributed by atoms with Crippen molar-refractivity contribution in [3.63, 3.8) is 0 Å². The highest BCUT2D eigenvalue weighted by Gasteiger charge is 2.21. The van der Waals surface area contributed by atoms with E-state index in [0.29, 0.717) is 12.1 Å². The summed E-state index contributed by atoms with van der Waals surface area (Å²) in [5, 5.41) is 2.55. The summed E-state index contributed by atoms with van der Waals surface area (Å²) in [7, 11) is 1.27. The zero-order valence-corrected chi connectivity index (χ0v) is 12.9. The van der Waals surface area contributed by atoms with E-state index in [1.807, 2.05) is 12.2 Å². The predicted octanol–water partition coefficient (Wildman–Crippen LogP) is 2.31. The molecule has 1 aromatic rings. The number of allylic oxidation sites excluding steroid dienone is 2. The van der Waals surface area contributed by atoms with Crippen LogP contribution in [0.15, 0.2) is 36.4 Å². The molecule has 0 saturated heterocycles. The van der Waals surface area contributed by atoms with Crippen molar-refractivity contribution in [2.45, 2.75) is 19.3 Å². The van der Waals surface area contributed by atoms with Gasteiger partial charge in [0.15, 0.2) is 6.61 Å². The summed E-state index contributed by atoms with van der Waals surface area (Å²) in [6.45, 7) is -0.380. The number of methoxy groups -OCH3 is 1. The van der Waals surface area contributed by atoms with E-state index >= 15 is 0 Å². The van der Waals surface area contributed by atoms with Crippen molar-refractivity contribution < 1.29 is 23.9 Å². The highest BCUT2D eigenvalue weighted by Crippen LogP contribution is 2.19. The summed E-state index contributed by atoms with van der Waals surface area (Å²) in [6.07, 6.45) is 6.20. The molecule has 0 bridgehead atoms. The maximum atomic E-state index is 11.9. The van der Waals surface area contributed by atoms with Gasteiger partial charge < -0.3 is 14.8 Å². The molecule has 0 spiro atoms. The molecule has 6 heteroatoms. The third kappa shape index (κ3) is 4.67. The molecule has 122 valence electrons. The third-order valence-corrected chi connectivity index (χ3v) is 3.55. The number of esters is 2. The standard InChI is InChI=1S/C17H19NO5/c1-22-17(21)13-9-5-6-10-14(13)18-15(19)11-23-16(20)12-7-3-2-4-8-12/h2-3,5-6,9-10,12H,4,7-8,11H2,1H3,(H,18,19)/t12-/m1/s1. The van der Waals surface area contributed by atoms with Gasteiger partial charge in [0, 0.05) is 0 Å². The van der Waals surface area contributed by atoms with Crippen molar-refractivity contribution in [1.29, 1.82) is 0 Å². The van der Waals surface area contributed by atoms with Crippen molar-refractivity contribution in [3.8, 4) is 0 Å². The zero-order valence-electron chi connectivity index (χ0n) is 12.9. The summed E-state index contributed by atoms with van der Waals surface area (Å²) in [6, 6.07) is 6.47. The first-order chi connectivity index (χ1) is 11.1. The average molecular weight is 317 g/mol. The average Bonchev–Trinajstić information content (AvgIpc) is 2.60. The van der Waals surface area contributed by atoms with E-state index in [0.717, 1.165) is 12.8 Å². The van der Waals surface area contributed by atoms with E-state index in [-0.39, 0.29) is 24.1 Å². The summed E-state index contributed by atoms with van der Waals surface area (Å²) < 4.78 is 9.70. The van der Waals surface area contributed by atoms with Gasteiger partial charge in [-0.05, 0) is 31.4 Å². The maximum Gasteiger partial charge on any atom is 0.339 e. The van der Waals surface area contributed by atoms with Gasteiger partial charge in [0.25, 0.3) is 5.91 Å². The van der Waals surface area contributed by atoms with Crippen LogP contribution in [0.3, 0.4) is 0 Å². The van der Waals surface area contributed by atoms with E-state index in [4.69, 9.17) is 4.74 Å². The van der Waals surface area contributed by atoms with Crippen LogP contribution in [0, 0.1) is 5.92 Å². The molecule has 0 aliphatic heterocycles. The van der Waals surface area contributed by atoms with Crippen molar-refractivity contribution in [2.75, 3.05) is 19.0 Å². The second kappa shape index (κ2) is 8.12. The predicted molar refractivity (Wildman–Crippen MR) is 83.9 cm³/mol. The molecule has 1 atom stereocenters. The number of ether oxygens (including phenoxy) is 2. The molecule has 6 nitrogen and oxygen atoms in total.